The average Bonchev–Trinajstić information content (AvgIpc) is 2.47. The summed E-state index contributed by atoms with van der Waals surface area (Å²) in [6.07, 6.45) is 0. The van der Waals surface area contributed by atoms with Crippen molar-refractivity contribution in [1.82, 2.24) is 5.32 Å². The number of aliphatic hydroxyl groups excluding tert-OH is 1. The summed E-state index contributed by atoms with van der Waals surface area (Å²) < 4.78 is 5.13. The number of amidine groups is 1. The maximum atomic E-state index is 8.82. The van der Waals surface area contributed by atoms with Crippen molar-refractivity contribution >= 4 is 5.84 Å². The van der Waals surface area contributed by atoms with E-state index in [1.807, 2.05) is 30.3 Å². The molecule has 5 N–H and O–H groups in total. The molecular weight excluding hydrogens is 246 g/mol. The van der Waals surface area contributed by atoms with Gasteiger partial charge in [-0.1, -0.05) is 35.5 Å². The third kappa shape index (κ3) is 5.69. The first-order valence-electron chi connectivity index (χ1n) is 6.21. The number of rotatable bonds is 9. The number of oxime groups is 1. The molecule has 0 aliphatic heterocycles. The standard InChI is InChI=1S/C13H21N3O3/c14-13(16-18)12(11-4-2-1-3-5-11)10-15-6-8-19-9-7-17/h1-5,12,15,17-18H,6-10H2,(H2,14,16). The average molecular weight is 267 g/mol. The van der Waals surface area contributed by atoms with Gasteiger partial charge in [0.05, 0.1) is 25.7 Å². The Balaban J connectivity index is 2.44. The summed E-state index contributed by atoms with van der Waals surface area (Å²) in [6.45, 7) is 2.07. The van der Waals surface area contributed by atoms with Crippen LogP contribution in [0, 0.1) is 0 Å². The molecule has 1 aromatic carbocycles. The van der Waals surface area contributed by atoms with E-state index in [0.717, 1.165) is 5.56 Å². The lowest BCUT2D eigenvalue weighted by Crippen LogP contribution is -2.33. The zero-order valence-corrected chi connectivity index (χ0v) is 10.8. The third-order valence-electron chi connectivity index (χ3n) is 2.68. The second kappa shape index (κ2) is 9.32. The molecule has 1 atom stereocenters. The molecule has 0 aliphatic carbocycles. The van der Waals surface area contributed by atoms with E-state index in [-0.39, 0.29) is 18.4 Å². The zero-order chi connectivity index (χ0) is 13.9. The molecule has 0 fully saturated rings. The van der Waals surface area contributed by atoms with Crippen molar-refractivity contribution in [2.45, 2.75) is 5.92 Å². The Hall–Kier alpha value is -1.63. The summed E-state index contributed by atoms with van der Waals surface area (Å²) in [5.74, 6) is -0.000909. The predicted molar refractivity (Wildman–Crippen MR) is 73.4 cm³/mol. The van der Waals surface area contributed by atoms with E-state index >= 15 is 0 Å². The third-order valence-corrected chi connectivity index (χ3v) is 2.68. The van der Waals surface area contributed by atoms with Crippen molar-refractivity contribution in [1.29, 1.82) is 0 Å². The first-order valence-corrected chi connectivity index (χ1v) is 6.21. The summed E-state index contributed by atoms with van der Waals surface area (Å²) in [6, 6.07) is 9.62. The van der Waals surface area contributed by atoms with Gasteiger partial charge in [-0.3, -0.25) is 0 Å². The molecule has 1 rings (SSSR count). The number of nitrogens with two attached hydrogens (primary N) is 1. The molecule has 0 saturated carbocycles. The van der Waals surface area contributed by atoms with Gasteiger partial charge in [-0.15, -0.1) is 0 Å². The zero-order valence-electron chi connectivity index (χ0n) is 10.8. The lowest BCUT2D eigenvalue weighted by Gasteiger charge is -2.16. The van der Waals surface area contributed by atoms with E-state index in [1.165, 1.54) is 0 Å². The van der Waals surface area contributed by atoms with Crippen molar-refractivity contribution in [3.63, 3.8) is 0 Å². The number of nitrogens with one attached hydrogen (secondary N) is 1. The van der Waals surface area contributed by atoms with Crippen LogP contribution in [0.5, 0.6) is 0 Å². The number of nitrogens with zero attached hydrogens (tertiary/aromatic N) is 1. The van der Waals surface area contributed by atoms with E-state index in [0.29, 0.717) is 26.3 Å². The van der Waals surface area contributed by atoms with Crippen LogP contribution in [0.15, 0.2) is 35.5 Å². The largest absolute Gasteiger partial charge is 0.409 e. The maximum Gasteiger partial charge on any atom is 0.147 e. The number of hydrogen-bond acceptors (Lipinski definition) is 5. The fourth-order valence-electron chi connectivity index (χ4n) is 1.71. The number of benzene rings is 1. The fourth-order valence-corrected chi connectivity index (χ4v) is 1.71. The van der Waals surface area contributed by atoms with Gasteiger partial charge in [0, 0.05) is 13.1 Å². The molecule has 0 saturated heterocycles. The SMILES string of the molecule is NC(=NO)C(CNCCOCCO)c1ccccc1. The highest BCUT2D eigenvalue weighted by atomic mass is 16.5. The smallest absolute Gasteiger partial charge is 0.147 e. The summed E-state index contributed by atoms with van der Waals surface area (Å²) in [5.41, 5.74) is 6.69. The molecule has 1 aromatic rings. The van der Waals surface area contributed by atoms with Gasteiger partial charge < -0.3 is 26.1 Å². The van der Waals surface area contributed by atoms with Gasteiger partial charge in [-0.25, -0.2) is 0 Å². The van der Waals surface area contributed by atoms with Gasteiger partial charge >= 0.3 is 0 Å². The lowest BCUT2D eigenvalue weighted by atomic mass is 9.98. The van der Waals surface area contributed by atoms with Gasteiger partial charge in [0.1, 0.15) is 5.84 Å². The van der Waals surface area contributed by atoms with E-state index in [1.54, 1.807) is 0 Å². The van der Waals surface area contributed by atoms with Gasteiger partial charge in [-0.2, -0.15) is 0 Å². The molecule has 106 valence electrons. The number of ether oxygens (including phenoxy) is 1. The summed E-state index contributed by atoms with van der Waals surface area (Å²) >= 11 is 0. The van der Waals surface area contributed by atoms with Gasteiger partial charge in [0.15, 0.2) is 0 Å². The second-order valence-corrected chi connectivity index (χ2v) is 4.03. The van der Waals surface area contributed by atoms with Crippen LogP contribution >= 0.6 is 0 Å². The topological polar surface area (TPSA) is 100 Å². The van der Waals surface area contributed by atoms with Gasteiger partial charge in [-0.05, 0) is 5.56 Å². The Bertz CT molecular complexity index is 371. The van der Waals surface area contributed by atoms with E-state index in [2.05, 4.69) is 10.5 Å². The summed E-state index contributed by atoms with van der Waals surface area (Å²) in [5, 5.41) is 23.6. The Kier molecular flexibility index (Phi) is 7.57. The minimum atomic E-state index is -0.177. The van der Waals surface area contributed by atoms with Crippen molar-refractivity contribution in [3.05, 3.63) is 35.9 Å². The second-order valence-electron chi connectivity index (χ2n) is 4.03. The molecule has 0 heterocycles. The molecule has 0 bridgehead atoms. The van der Waals surface area contributed by atoms with Crippen LogP contribution in [0.1, 0.15) is 11.5 Å². The van der Waals surface area contributed by atoms with E-state index in [9.17, 15) is 0 Å². The molecule has 19 heavy (non-hydrogen) atoms. The number of aliphatic hydroxyl groups is 1. The van der Waals surface area contributed by atoms with Crippen molar-refractivity contribution in [2.75, 3.05) is 32.9 Å². The fraction of sp³-hybridized carbons (Fsp3) is 0.462. The summed E-state index contributed by atoms with van der Waals surface area (Å²) in [7, 11) is 0. The molecule has 0 aliphatic rings. The van der Waals surface area contributed by atoms with Crippen LogP contribution < -0.4 is 11.1 Å². The quantitative estimate of drug-likeness (QED) is 0.167. The molecule has 6 heteroatoms. The first kappa shape index (κ1) is 15.4. The summed E-state index contributed by atoms with van der Waals surface area (Å²) in [4.78, 5) is 0. The molecule has 0 radical (unpaired) electrons. The van der Waals surface area contributed by atoms with Crippen LogP contribution in [-0.4, -0.2) is 49.1 Å². The minimum Gasteiger partial charge on any atom is -0.409 e. The van der Waals surface area contributed by atoms with Crippen LogP contribution in [0.2, 0.25) is 0 Å². The van der Waals surface area contributed by atoms with Crippen molar-refractivity contribution in [2.24, 2.45) is 10.9 Å². The van der Waals surface area contributed by atoms with Crippen LogP contribution in [0.4, 0.5) is 0 Å². The van der Waals surface area contributed by atoms with Crippen LogP contribution in [-0.2, 0) is 4.74 Å². The van der Waals surface area contributed by atoms with Crippen LogP contribution in [0.3, 0.4) is 0 Å². The van der Waals surface area contributed by atoms with E-state index in [4.69, 9.17) is 20.8 Å². The van der Waals surface area contributed by atoms with Gasteiger partial charge in [0.25, 0.3) is 0 Å². The molecular formula is C13H21N3O3. The van der Waals surface area contributed by atoms with Crippen molar-refractivity contribution < 1.29 is 15.1 Å². The molecule has 0 spiro atoms. The number of hydrogen-bond donors (Lipinski definition) is 4. The normalized spacial score (nSPS) is 13.4. The molecule has 0 aromatic heterocycles. The monoisotopic (exact) mass is 267 g/mol. The molecule has 1 unspecified atom stereocenters. The Morgan fingerprint density at radius 2 is 2.05 bits per heavy atom. The Morgan fingerprint density at radius 3 is 2.68 bits per heavy atom. The molecule has 0 amide bonds. The van der Waals surface area contributed by atoms with E-state index < -0.39 is 0 Å². The Morgan fingerprint density at radius 1 is 1.32 bits per heavy atom. The highest BCUT2D eigenvalue weighted by molar-refractivity contribution is 5.87. The molecule has 6 nitrogen and oxygen atoms in total. The minimum absolute atomic E-state index is 0.0246. The van der Waals surface area contributed by atoms with Crippen molar-refractivity contribution in [3.8, 4) is 0 Å². The predicted octanol–water partition coefficient (Wildman–Crippen LogP) is 0.115. The first-order chi connectivity index (χ1) is 9.29. The maximum absolute atomic E-state index is 8.82. The highest BCUT2D eigenvalue weighted by Crippen LogP contribution is 2.14. The highest BCUT2D eigenvalue weighted by Gasteiger charge is 2.15. The lowest BCUT2D eigenvalue weighted by molar-refractivity contribution is 0.0939. The van der Waals surface area contributed by atoms with Crippen LogP contribution in [0.25, 0.3) is 0 Å². The van der Waals surface area contributed by atoms with Gasteiger partial charge in [0.2, 0.25) is 0 Å². The Labute approximate surface area is 112 Å².